The molecule has 0 fully saturated rings. The van der Waals surface area contributed by atoms with Gasteiger partial charge in [-0.25, -0.2) is 4.98 Å². The molecule has 28 heavy (non-hydrogen) atoms. The number of aromatic nitrogens is 3. The van der Waals surface area contributed by atoms with E-state index < -0.39 is 6.04 Å². The third kappa shape index (κ3) is 3.20. The fourth-order valence-corrected chi connectivity index (χ4v) is 2.84. The van der Waals surface area contributed by atoms with Gasteiger partial charge in [0.15, 0.2) is 11.6 Å². The summed E-state index contributed by atoms with van der Waals surface area (Å²) in [7, 11) is 0. The number of carbonyl (C=O) groups is 1. The van der Waals surface area contributed by atoms with Crippen molar-refractivity contribution in [3.8, 4) is 17.7 Å². The summed E-state index contributed by atoms with van der Waals surface area (Å²) in [4.78, 5) is 17.5. The number of benzene rings is 2. The molecule has 0 aliphatic heterocycles. The zero-order valence-electron chi connectivity index (χ0n) is 14.7. The lowest BCUT2D eigenvalue weighted by Gasteiger charge is -2.12. The van der Waals surface area contributed by atoms with Crippen molar-refractivity contribution >= 4 is 5.91 Å². The van der Waals surface area contributed by atoms with Gasteiger partial charge in [-0.05, 0) is 42.0 Å². The summed E-state index contributed by atoms with van der Waals surface area (Å²) in [6.45, 7) is 0. The summed E-state index contributed by atoms with van der Waals surface area (Å²) in [5, 5.41) is 13.5. The summed E-state index contributed by atoms with van der Waals surface area (Å²) >= 11 is 0. The van der Waals surface area contributed by atoms with Crippen molar-refractivity contribution in [1.29, 1.82) is 5.26 Å². The van der Waals surface area contributed by atoms with E-state index in [0.29, 0.717) is 22.5 Å². The van der Waals surface area contributed by atoms with Crippen LogP contribution in [0.15, 0.2) is 77.4 Å². The van der Waals surface area contributed by atoms with E-state index >= 15 is 0 Å². The highest BCUT2D eigenvalue weighted by molar-refractivity contribution is 5.95. The van der Waals surface area contributed by atoms with Crippen molar-refractivity contribution in [2.75, 3.05) is 0 Å². The number of hydrogen-bond donors (Lipinski definition) is 1. The van der Waals surface area contributed by atoms with Crippen molar-refractivity contribution in [3.05, 3.63) is 95.5 Å². The normalized spacial score (nSPS) is 11.7. The first-order chi connectivity index (χ1) is 13.7. The lowest BCUT2D eigenvalue weighted by molar-refractivity contribution is 0.0940. The van der Waals surface area contributed by atoms with Crippen LogP contribution in [0.4, 0.5) is 0 Å². The largest absolute Gasteiger partial charge is 0.461 e. The smallest absolute Gasteiger partial charge is 0.279 e. The molecule has 2 aromatic carbocycles. The third-order valence-corrected chi connectivity index (χ3v) is 4.24. The number of nitriles is 1. The van der Waals surface area contributed by atoms with Gasteiger partial charge in [0, 0.05) is 5.56 Å². The minimum absolute atomic E-state index is 0.260. The molecule has 0 amide bonds. The zero-order chi connectivity index (χ0) is 19.5. The molecular weight excluding hydrogens is 354 g/mol. The first kappa shape index (κ1) is 17.4. The Hall–Kier alpha value is -4.02. The summed E-state index contributed by atoms with van der Waals surface area (Å²) in [6, 6.07) is 20.4. The molecule has 0 bridgehead atoms. The van der Waals surface area contributed by atoms with Crippen LogP contribution in [0.2, 0.25) is 0 Å². The average molecular weight is 369 g/mol. The van der Waals surface area contributed by atoms with Crippen LogP contribution < -0.4 is 5.73 Å². The van der Waals surface area contributed by atoms with E-state index in [1.54, 1.807) is 60.7 Å². The van der Waals surface area contributed by atoms with Crippen molar-refractivity contribution < 1.29 is 9.21 Å². The molecule has 2 heterocycles. The SMILES string of the molecule is N#Cc1cccc(C(N)c2nc(-c3ccco3)nn2C(=O)c2ccccc2)c1. The molecule has 0 saturated carbocycles. The van der Waals surface area contributed by atoms with E-state index in [1.807, 2.05) is 6.07 Å². The lowest BCUT2D eigenvalue weighted by Crippen LogP contribution is -2.23. The van der Waals surface area contributed by atoms with Gasteiger partial charge in [0.1, 0.15) is 0 Å². The van der Waals surface area contributed by atoms with Gasteiger partial charge in [-0.2, -0.15) is 9.94 Å². The predicted octanol–water partition coefficient (Wildman–Crippen LogP) is 3.15. The van der Waals surface area contributed by atoms with Gasteiger partial charge in [-0.3, -0.25) is 4.79 Å². The number of hydrogen-bond acceptors (Lipinski definition) is 6. The molecule has 0 aliphatic rings. The molecule has 4 rings (SSSR count). The van der Waals surface area contributed by atoms with Gasteiger partial charge in [0.2, 0.25) is 5.82 Å². The molecule has 7 nitrogen and oxygen atoms in total. The average Bonchev–Trinajstić information content (AvgIpc) is 3.43. The molecule has 136 valence electrons. The van der Waals surface area contributed by atoms with Gasteiger partial charge in [0.25, 0.3) is 5.91 Å². The minimum Gasteiger partial charge on any atom is -0.461 e. The fourth-order valence-electron chi connectivity index (χ4n) is 2.84. The Bertz CT molecular complexity index is 1160. The molecule has 0 radical (unpaired) electrons. The van der Waals surface area contributed by atoms with Crippen LogP contribution in [0.5, 0.6) is 0 Å². The lowest BCUT2D eigenvalue weighted by atomic mass is 10.0. The van der Waals surface area contributed by atoms with Crippen LogP contribution in [0.25, 0.3) is 11.6 Å². The topological polar surface area (TPSA) is 111 Å². The number of rotatable bonds is 4. The fraction of sp³-hybridized carbons (Fsp3) is 0.0476. The standard InChI is InChI=1S/C21H15N5O2/c22-13-14-6-4-9-16(12-14)18(23)20-24-19(17-10-5-11-28-17)25-26(20)21(27)15-7-2-1-3-8-15/h1-12,18H,23H2. The van der Waals surface area contributed by atoms with Crippen molar-refractivity contribution in [2.24, 2.45) is 5.73 Å². The van der Waals surface area contributed by atoms with E-state index in [9.17, 15) is 4.79 Å². The van der Waals surface area contributed by atoms with Crippen LogP contribution >= 0.6 is 0 Å². The summed E-state index contributed by atoms with van der Waals surface area (Å²) in [5.41, 5.74) is 7.99. The molecule has 2 aromatic heterocycles. The maximum atomic E-state index is 13.0. The van der Waals surface area contributed by atoms with Crippen molar-refractivity contribution in [2.45, 2.75) is 6.04 Å². The highest BCUT2D eigenvalue weighted by Gasteiger charge is 2.25. The van der Waals surface area contributed by atoms with Crippen LogP contribution in [-0.4, -0.2) is 20.7 Å². The Morgan fingerprint density at radius 3 is 2.64 bits per heavy atom. The zero-order valence-corrected chi connectivity index (χ0v) is 14.7. The molecular formula is C21H15N5O2. The predicted molar refractivity (Wildman–Crippen MR) is 101 cm³/mol. The number of carbonyl (C=O) groups excluding carboxylic acids is 1. The van der Waals surface area contributed by atoms with Crippen LogP contribution in [-0.2, 0) is 0 Å². The maximum Gasteiger partial charge on any atom is 0.279 e. The van der Waals surface area contributed by atoms with Gasteiger partial charge in [-0.15, -0.1) is 5.10 Å². The minimum atomic E-state index is -0.753. The second-order valence-corrected chi connectivity index (χ2v) is 6.07. The molecule has 7 heteroatoms. The first-order valence-corrected chi connectivity index (χ1v) is 8.53. The van der Waals surface area contributed by atoms with Crippen LogP contribution in [0, 0.1) is 11.3 Å². The maximum absolute atomic E-state index is 13.0. The highest BCUT2D eigenvalue weighted by Crippen LogP contribution is 2.24. The van der Waals surface area contributed by atoms with Crippen molar-refractivity contribution in [1.82, 2.24) is 14.8 Å². The highest BCUT2D eigenvalue weighted by atomic mass is 16.3. The van der Waals surface area contributed by atoms with Gasteiger partial charge in [0.05, 0.1) is 23.9 Å². The van der Waals surface area contributed by atoms with E-state index in [4.69, 9.17) is 15.4 Å². The second kappa shape index (κ2) is 7.31. The van der Waals surface area contributed by atoms with Gasteiger partial charge in [-0.1, -0.05) is 30.3 Å². The molecule has 0 spiro atoms. The third-order valence-electron chi connectivity index (χ3n) is 4.24. The molecule has 0 aliphatic carbocycles. The number of nitrogens with zero attached hydrogens (tertiary/aromatic N) is 4. The summed E-state index contributed by atoms with van der Waals surface area (Å²) in [5.74, 6) is 0.596. The van der Waals surface area contributed by atoms with E-state index in [2.05, 4.69) is 16.2 Å². The molecule has 1 unspecified atom stereocenters. The number of nitrogens with two attached hydrogens (primary N) is 1. The molecule has 0 saturated heterocycles. The van der Waals surface area contributed by atoms with Gasteiger partial charge < -0.3 is 10.2 Å². The van der Waals surface area contributed by atoms with Crippen LogP contribution in [0.3, 0.4) is 0 Å². The Labute approximate surface area is 160 Å². The Morgan fingerprint density at radius 1 is 1.11 bits per heavy atom. The quantitative estimate of drug-likeness (QED) is 0.591. The van der Waals surface area contributed by atoms with E-state index in [-0.39, 0.29) is 17.6 Å². The summed E-state index contributed by atoms with van der Waals surface area (Å²) in [6.07, 6.45) is 1.51. The van der Waals surface area contributed by atoms with Gasteiger partial charge >= 0.3 is 0 Å². The second-order valence-electron chi connectivity index (χ2n) is 6.07. The van der Waals surface area contributed by atoms with Crippen molar-refractivity contribution in [3.63, 3.8) is 0 Å². The molecule has 2 N–H and O–H groups in total. The Balaban J connectivity index is 1.83. The number of furan rings is 1. The first-order valence-electron chi connectivity index (χ1n) is 8.53. The van der Waals surface area contributed by atoms with E-state index in [0.717, 1.165) is 0 Å². The Kier molecular flexibility index (Phi) is 4.54. The summed E-state index contributed by atoms with van der Waals surface area (Å²) < 4.78 is 6.55. The Morgan fingerprint density at radius 2 is 1.93 bits per heavy atom. The van der Waals surface area contributed by atoms with Crippen LogP contribution in [0.1, 0.15) is 33.4 Å². The monoisotopic (exact) mass is 369 g/mol. The van der Waals surface area contributed by atoms with E-state index in [1.165, 1.54) is 10.9 Å². The molecule has 4 aromatic rings. The molecule has 1 atom stereocenters.